The van der Waals surface area contributed by atoms with E-state index >= 15 is 0 Å². The van der Waals surface area contributed by atoms with E-state index in [1.54, 1.807) is 0 Å². The van der Waals surface area contributed by atoms with Crippen molar-refractivity contribution in [3.05, 3.63) is 94.3 Å². The third-order valence-electron chi connectivity index (χ3n) is 5.76. The van der Waals surface area contributed by atoms with Crippen LogP contribution in [0.3, 0.4) is 0 Å². The van der Waals surface area contributed by atoms with Gasteiger partial charge in [-0.3, -0.25) is 10.1 Å². The van der Waals surface area contributed by atoms with Gasteiger partial charge in [-0.1, -0.05) is 42.5 Å². The van der Waals surface area contributed by atoms with Gasteiger partial charge in [-0.25, -0.2) is 4.99 Å². The number of nitrogens with zero attached hydrogens (tertiary/aromatic N) is 2. The first-order chi connectivity index (χ1) is 16.7. The highest BCUT2D eigenvalue weighted by atomic mass is 16.5. The van der Waals surface area contributed by atoms with Gasteiger partial charge in [0, 0.05) is 5.39 Å². The molecule has 0 bridgehead atoms. The monoisotopic (exact) mass is 451 g/mol. The smallest absolute Gasteiger partial charge is 0.302 e. The van der Waals surface area contributed by atoms with Crippen molar-refractivity contribution in [2.24, 2.45) is 4.99 Å². The number of benzene rings is 3. The third-order valence-corrected chi connectivity index (χ3v) is 5.76. The Morgan fingerprint density at radius 2 is 1.82 bits per heavy atom. The van der Waals surface area contributed by atoms with Gasteiger partial charge in [-0.2, -0.15) is 4.98 Å². The van der Waals surface area contributed by atoms with Crippen LogP contribution in [0.2, 0.25) is 0 Å². The molecule has 3 aromatic carbocycles. The van der Waals surface area contributed by atoms with Crippen molar-refractivity contribution in [2.45, 2.75) is 13.0 Å². The van der Waals surface area contributed by atoms with E-state index in [2.05, 4.69) is 20.6 Å². The Balaban J connectivity index is 1.48. The Morgan fingerprint density at radius 3 is 2.65 bits per heavy atom. The van der Waals surface area contributed by atoms with Gasteiger partial charge in [-0.15, -0.1) is 0 Å². The van der Waals surface area contributed by atoms with Crippen molar-refractivity contribution < 1.29 is 9.15 Å². The summed E-state index contributed by atoms with van der Waals surface area (Å²) >= 11 is 0. The van der Waals surface area contributed by atoms with Crippen LogP contribution in [0.4, 0.5) is 11.7 Å². The molecular weight excluding hydrogens is 430 g/mol. The van der Waals surface area contributed by atoms with Crippen LogP contribution in [0.15, 0.2) is 87.0 Å². The van der Waals surface area contributed by atoms with Crippen molar-refractivity contribution in [3.8, 4) is 5.75 Å². The van der Waals surface area contributed by atoms with Crippen LogP contribution in [0, 0.1) is 0 Å². The maximum atomic E-state index is 13.2. The average Bonchev–Trinajstić information content (AvgIpc) is 3.26. The van der Waals surface area contributed by atoms with Gasteiger partial charge in [0.05, 0.1) is 23.4 Å². The van der Waals surface area contributed by atoms with E-state index in [1.807, 2.05) is 79.7 Å². The molecule has 0 saturated heterocycles. The zero-order valence-electron chi connectivity index (χ0n) is 18.3. The third kappa shape index (κ3) is 3.45. The quantitative estimate of drug-likeness (QED) is 0.353. The number of H-pyrrole nitrogens is 1. The summed E-state index contributed by atoms with van der Waals surface area (Å²) in [5.74, 6) is 1.20. The predicted molar refractivity (Wildman–Crippen MR) is 133 cm³/mol. The molecule has 5 aromatic rings. The number of para-hydroxylation sites is 3. The summed E-state index contributed by atoms with van der Waals surface area (Å²) in [6, 6.07) is 22.6. The van der Waals surface area contributed by atoms with E-state index in [-0.39, 0.29) is 5.56 Å². The topological polar surface area (TPSA) is 105 Å². The Labute approximate surface area is 194 Å². The maximum Gasteiger partial charge on any atom is 0.302 e. The number of nitrogens with one attached hydrogen (secondary N) is 3. The number of guanidine groups is 1. The molecule has 0 saturated carbocycles. The summed E-state index contributed by atoms with van der Waals surface area (Å²) in [5, 5.41) is 7.34. The number of hydrogen-bond acceptors (Lipinski definition) is 7. The van der Waals surface area contributed by atoms with Crippen molar-refractivity contribution in [2.75, 3.05) is 17.2 Å². The molecule has 1 unspecified atom stereocenters. The zero-order valence-corrected chi connectivity index (χ0v) is 18.3. The van der Waals surface area contributed by atoms with E-state index in [9.17, 15) is 4.79 Å². The molecule has 168 valence electrons. The minimum Gasteiger partial charge on any atom is -0.494 e. The van der Waals surface area contributed by atoms with Crippen molar-refractivity contribution in [3.63, 3.8) is 0 Å². The molecule has 8 nitrogen and oxygen atoms in total. The van der Waals surface area contributed by atoms with Crippen LogP contribution < -0.4 is 20.9 Å². The largest absolute Gasteiger partial charge is 0.494 e. The highest BCUT2D eigenvalue weighted by Crippen LogP contribution is 2.37. The molecule has 0 fully saturated rings. The highest BCUT2D eigenvalue weighted by molar-refractivity contribution is 6.10. The lowest BCUT2D eigenvalue weighted by Crippen LogP contribution is -2.32. The molecule has 3 heterocycles. The standard InChI is InChI=1S/C26H21N5O3/c1-2-33-16-13-11-15(12-14-16)22-21-23(17-7-3-4-8-18(17)27-24(21)32)30-25(29-22)31-26-28-19-9-5-6-10-20(19)34-26/h3-14,22H,2H2,1H3,(H,27,32)(H2,28,29,30,31). The van der Waals surface area contributed by atoms with Crippen molar-refractivity contribution >= 4 is 39.7 Å². The molecular formula is C26H21N5O3. The molecule has 3 N–H and O–H groups in total. The van der Waals surface area contributed by atoms with Gasteiger partial charge in [0.2, 0.25) is 5.96 Å². The van der Waals surface area contributed by atoms with E-state index in [0.29, 0.717) is 35.4 Å². The summed E-state index contributed by atoms with van der Waals surface area (Å²) in [7, 11) is 0. The summed E-state index contributed by atoms with van der Waals surface area (Å²) in [5.41, 5.74) is 4.08. The molecule has 0 amide bonds. The van der Waals surface area contributed by atoms with Crippen molar-refractivity contribution in [1.82, 2.24) is 9.97 Å². The second-order valence-corrected chi connectivity index (χ2v) is 7.91. The first-order valence-corrected chi connectivity index (χ1v) is 11.0. The number of rotatable bonds is 4. The number of pyridine rings is 1. The SMILES string of the molecule is CCOc1ccc(C2N=C(Nc3nc4ccccc4o3)Nc3c2c(=O)[nH]c2ccccc32)cc1. The van der Waals surface area contributed by atoms with Gasteiger partial charge in [0.1, 0.15) is 17.3 Å². The number of aliphatic imine (C=N–C) groups is 1. The molecule has 0 aliphatic carbocycles. The molecule has 1 atom stereocenters. The molecule has 1 aliphatic rings. The highest BCUT2D eigenvalue weighted by Gasteiger charge is 2.28. The first kappa shape index (κ1) is 20.0. The Hall–Kier alpha value is -4.59. The number of aromatic nitrogens is 2. The van der Waals surface area contributed by atoms with Crippen LogP contribution >= 0.6 is 0 Å². The van der Waals surface area contributed by atoms with Crippen LogP contribution in [0.1, 0.15) is 24.1 Å². The lowest BCUT2D eigenvalue weighted by atomic mass is 9.95. The average molecular weight is 451 g/mol. The molecule has 1 aliphatic heterocycles. The fourth-order valence-electron chi connectivity index (χ4n) is 4.24. The van der Waals surface area contributed by atoms with E-state index in [4.69, 9.17) is 14.1 Å². The summed E-state index contributed by atoms with van der Waals surface area (Å²) in [4.78, 5) is 25.5. The van der Waals surface area contributed by atoms with Crippen LogP contribution in [0.5, 0.6) is 5.75 Å². The second-order valence-electron chi connectivity index (χ2n) is 7.91. The van der Waals surface area contributed by atoms with E-state index < -0.39 is 6.04 Å². The predicted octanol–water partition coefficient (Wildman–Crippen LogP) is 5.05. The van der Waals surface area contributed by atoms with E-state index in [1.165, 1.54) is 0 Å². The molecule has 34 heavy (non-hydrogen) atoms. The fraction of sp³-hybridized carbons (Fsp3) is 0.115. The van der Waals surface area contributed by atoms with Gasteiger partial charge in [0.25, 0.3) is 5.56 Å². The summed E-state index contributed by atoms with van der Waals surface area (Å²) in [6.45, 7) is 2.52. The number of fused-ring (bicyclic) bond motifs is 4. The number of ether oxygens (including phenoxy) is 1. The van der Waals surface area contributed by atoms with Crippen LogP contribution in [-0.2, 0) is 0 Å². The van der Waals surface area contributed by atoms with Gasteiger partial charge in [-0.05, 0) is 42.8 Å². The molecule has 2 aromatic heterocycles. The number of hydrogen-bond donors (Lipinski definition) is 3. The molecule has 8 heteroatoms. The van der Waals surface area contributed by atoms with Gasteiger partial charge in [0.15, 0.2) is 5.58 Å². The van der Waals surface area contributed by atoms with Crippen LogP contribution in [0.25, 0.3) is 22.0 Å². The molecule has 0 spiro atoms. The summed E-state index contributed by atoms with van der Waals surface area (Å²) < 4.78 is 11.4. The second kappa shape index (κ2) is 8.08. The zero-order chi connectivity index (χ0) is 23.1. The minimum absolute atomic E-state index is 0.190. The minimum atomic E-state index is -0.535. The van der Waals surface area contributed by atoms with E-state index in [0.717, 1.165) is 27.7 Å². The normalized spacial score (nSPS) is 15.0. The Kier molecular flexibility index (Phi) is 4.76. The van der Waals surface area contributed by atoms with Crippen LogP contribution in [-0.4, -0.2) is 22.5 Å². The summed E-state index contributed by atoms with van der Waals surface area (Å²) in [6.07, 6.45) is 0. The molecule has 6 rings (SSSR count). The number of anilines is 2. The lowest BCUT2D eigenvalue weighted by Gasteiger charge is -2.26. The first-order valence-electron chi connectivity index (χ1n) is 11.0. The fourth-order valence-corrected chi connectivity index (χ4v) is 4.24. The number of aromatic amines is 1. The number of oxazole rings is 1. The Morgan fingerprint density at radius 1 is 1.03 bits per heavy atom. The maximum absolute atomic E-state index is 13.2. The Bertz CT molecular complexity index is 1570. The van der Waals surface area contributed by atoms with Gasteiger partial charge < -0.3 is 19.5 Å². The van der Waals surface area contributed by atoms with Gasteiger partial charge >= 0.3 is 6.01 Å². The van der Waals surface area contributed by atoms with Crippen molar-refractivity contribution in [1.29, 1.82) is 0 Å². The molecule has 0 radical (unpaired) electrons. The lowest BCUT2D eigenvalue weighted by molar-refractivity contribution is 0.340.